The van der Waals surface area contributed by atoms with Gasteiger partial charge in [0.15, 0.2) is 0 Å². The Bertz CT molecular complexity index is 1040. The Hall–Kier alpha value is -2.32. The van der Waals surface area contributed by atoms with Crippen LogP contribution in [0, 0.1) is 0 Å². The van der Waals surface area contributed by atoms with Gasteiger partial charge in [-0.05, 0) is 49.2 Å². The standard InChI is InChI=1S/C22H29N3O4.ClH/c1-22(2,14-26)23-12-15-5-8-17(9-6-15)29-13-20(27)16-7-10-18-19(11-16)25(4)21(28)24(18)3;/h5-11,20,23,26-27H,12-14H2,1-4H3;1H/p-1. The lowest BCUT2D eigenvalue weighted by Crippen LogP contribution is -3.00. The van der Waals surface area contributed by atoms with Gasteiger partial charge in [-0.2, -0.15) is 0 Å². The van der Waals surface area contributed by atoms with Crippen molar-refractivity contribution in [3.63, 3.8) is 0 Å². The maximum atomic E-state index is 12.0. The molecule has 30 heavy (non-hydrogen) atoms. The van der Waals surface area contributed by atoms with Crippen LogP contribution in [-0.4, -0.2) is 38.1 Å². The predicted octanol–water partition coefficient (Wildman–Crippen LogP) is -1.15. The number of hydrogen-bond donors (Lipinski definition) is 3. The zero-order valence-corrected chi connectivity index (χ0v) is 18.5. The number of benzene rings is 2. The highest BCUT2D eigenvalue weighted by atomic mass is 35.5. The summed E-state index contributed by atoms with van der Waals surface area (Å²) in [4.78, 5) is 12.0. The summed E-state index contributed by atoms with van der Waals surface area (Å²) >= 11 is 0. The molecule has 1 heterocycles. The van der Waals surface area contributed by atoms with Gasteiger partial charge in [-0.3, -0.25) is 9.13 Å². The normalized spacial score (nSPS) is 12.6. The van der Waals surface area contributed by atoms with Crippen LogP contribution in [0.2, 0.25) is 0 Å². The molecule has 0 aliphatic carbocycles. The number of nitrogens with one attached hydrogen (secondary N) is 1. The number of halogens is 1. The van der Waals surface area contributed by atoms with Gasteiger partial charge in [0.1, 0.15) is 18.5 Å². The summed E-state index contributed by atoms with van der Waals surface area (Å²) in [6.45, 7) is 4.70. The van der Waals surface area contributed by atoms with E-state index in [1.165, 1.54) is 0 Å². The van der Waals surface area contributed by atoms with Crippen LogP contribution in [0.1, 0.15) is 31.1 Å². The van der Waals surface area contributed by atoms with Crippen molar-refractivity contribution in [3.8, 4) is 5.75 Å². The molecule has 2 aromatic carbocycles. The lowest BCUT2D eigenvalue weighted by atomic mass is 10.1. The van der Waals surface area contributed by atoms with Crippen molar-refractivity contribution in [3.05, 3.63) is 64.1 Å². The first-order valence-electron chi connectivity index (χ1n) is 9.63. The SMILES string of the molecule is Cn1c(=O)n(C)c2cc(C(O)COc3ccc(CNC(C)(C)CO)cc3)ccc21.[Cl-]. The summed E-state index contributed by atoms with van der Waals surface area (Å²) in [5.74, 6) is 0.669. The molecule has 3 rings (SSSR count). The number of fused-ring (bicyclic) bond motifs is 1. The molecule has 0 bridgehead atoms. The van der Waals surface area contributed by atoms with Crippen LogP contribution in [0.5, 0.6) is 5.75 Å². The minimum absolute atomic E-state index is 0. The molecule has 0 fully saturated rings. The zero-order chi connectivity index (χ0) is 21.2. The van der Waals surface area contributed by atoms with Crippen molar-refractivity contribution in [2.24, 2.45) is 14.1 Å². The number of ether oxygens (including phenoxy) is 1. The summed E-state index contributed by atoms with van der Waals surface area (Å²) < 4.78 is 8.88. The van der Waals surface area contributed by atoms with E-state index in [-0.39, 0.29) is 36.8 Å². The van der Waals surface area contributed by atoms with Crippen molar-refractivity contribution in [1.29, 1.82) is 0 Å². The second-order valence-corrected chi connectivity index (χ2v) is 8.02. The number of nitrogens with zero attached hydrogens (tertiary/aromatic N) is 2. The van der Waals surface area contributed by atoms with Crippen LogP contribution in [0.4, 0.5) is 0 Å². The maximum Gasteiger partial charge on any atom is 0.328 e. The third-order valence-corrected chi connectivity index (χ3v) is 5.18. The topological polar surface area (TPSA) is 88.7 Å². The van der Waals surface area contributed by atoms with Gasteiger partial charge in [0.2, 0.25) is 0 Å². The second-order valence-electron chi connectivity index (χ2n) is 8.02. The Kier molecular flexibility index (Phi) is 7.71. The Balaban J connectivity index is 0.00000320. The third kappa shape index (κ3) is 5.23. The molecular weight excluding hydrogens is 406 g/mol. The van der Waals surface area contributed by atoms with E-state index in [1.807, 2.05) is 56.3 Å². The minimum atomic E-state index is -0.804. The summed E-state index contributed by atoms with van der Waals surface area (Å²) in [6, 6.07) is 13.1. The molecule has 3 aromatic rings. The van der Waals surface area contributed by atoms with Crippen molar-refractivity contribution >= 4 is 11.0 Å². The highest BCUT2D eigenvalue weighted by molar-refractivity contribution is 5.76. The molecule has 0 radical (unpaired) electrons. The Morgan fingerprint density at radius 3 is 2.33 bits per heavy atom. The number of aliphatic hydroxyl groups excluding tert-OH is 2. The molecule has 1 unspecified atom stereocenters. The van der Waals surface area contributed by atoms with Crippen molar-refractivity contribution in [2.45, 2.75) is 32.0 Å². The van der Waals surface area contributed by atoms with Gasteiger partial charge in [0.25, 0.3) is 0 Å². The molecule has 1 atom stereocenters. The van der Waals surface area contributed by atoms with Gasteiger partial charge in [-0.15, -0.1) is 0 Å². The molecule has 0 saturated heterocycles. The van der Waals surface area contributed by atoms with E-state index < -0.39 is 6.10 Å². The molecular formula is C22H29ClN3O4-. The average molecular weight is 435 g/mol. The van der Waals surface area contributed by atoms with Crippen LogP contribution in [0.15, 0.2) is 47.3 Å². The van der Waals surface area contributed by atoms with Gasteiger partial charge in [0.05, 0.1) is 17.6 Å². The van der Waals surface area contributed by atoms with Gasteiger partial charge in [-0.1, -0.05) is 18.2 Å². The minimum Gasteiger partial charge on any atom is -1.00 e. The van der Waals surface area contributed by atoms with Crippen molar-refractivity contribution in [2.75, 3.05) is 13.2 Å². The summed E-state index contributed by atoms with van der Waals surface area (Å²) in [6.07, 6.45) is -0.804. The fraction of sp³-hybridized carbons (Fsp3) is 0.409. The highest BCUT2D eigenvalue weighted by Gasteiger charge is 2.15. The monoisotopic (exact) mass is 434 g/mol. The molecule has 0 aliphatic heterocycles. The number of imidazole rings is 1. The van der Waals surface area contributed by atoms with Crippen molar-refractivity contribution < 1.29 is 27.4 Å². The number of aromatic nitrogens is 2. The number of aryl methyl sites for hydroxylation is 2. The van der Waals surface area contributed by atoms with Crippen molar-refractivity contribution in [1.82, 2.24) is 14.5 Å². The quantitative estimate of drug-likeness (QED) is 0.417. The number of rotatable bonds is 8. The van der Waals surface area contributed by atoms with Crippen LogP contribution < -0.4 is 28.2 Å². The first-order chi connectivity index (χ1) is 13.7. The van der Waals surface area contributed by atoms with Crippen LogP contribution in [-0.2, 0) is 20.6 Å². The summed E-state index contributed by atoms with van der Waals surface area (Å²) in [5, 5.41) is 23.1. The summed E-state index contributed by atoms with van der Waals surface area (Å²) in [7, 11) is 3.45. The van der Waals surface area contributed by atoms with Crippen LogP contribution >= 0.6 is 0 Å². The lowest BCUT2D eigenvalue weighted by molar-refractivity contribution is -0.00000871. The molecule has 0 spiro atoms. The summed E-state index contributed by atoms with van der Waals surface area (Å²) in [5.41, 5.74) is 2.95. The van der Waals surface area contributed by atoms with E-state index in [1.54, 1.807) is 23.2 Å². The van der Waals surface area contributed by atoms with E-state index in [4.69, 9.17) is 4.74 Å². The van der Waals surface area contributed by atoms with Gasteiger partial charge in [-0.25, -0.2) is 4.79 Å². The fourth-order valence-corrected chi connectivity index (χ4v) is 3.10. The van der Waals surface area contributed by atoms with E-state index >= 15 is 0 Å². The second kappa shape index (κ2) is 9.66. The molecule has 0 amide bonds. The molecule has 3 N–H and O–H groups in total. The van der Waals surface area contributed by atoms with E-state index in [0.29, 0.717) is 17.9 Å². The first kappa shape index (κ1) is 24.0. The highest BCUT2D eigenvalue weighted by Crippen LogP contribution is 2.21. The Labute approximate surface area is 182 Å². The molecule has 7 nitrogen and oxygen atoms in total. The van der Waals surface area contributed by atoms with Crippen LogP contribution in [0.25, 0.3) is 11.0 Å². The third-order valence-electron chi connectivity index (χ3n) is 5.18. The Morgan fingerprint density at radius 2 is 1.70 bits per heavy atom. The lowest BCUT2D eigenvalue weighted by Gasteiger charge is -2.23. The molecule has 8 heteroatoms. The molecule has 0 saturated carbocycles. The van der Waals surface area contributed by atoms with Crippen LogP contribution in [0.3, 0.4) is 0 Å². The van der Waals surface area contributed by atoms with Gasteiger partial charge < -0.3 is 32.7 Å². The fourth-order valence-electron chi connectivity index (χ4n) is 3.10. The zero-order valence-electron chi connectivity index (χ0n) is 17.7. The molecule has 1 aromatic heterocycles. The first-order valence-corrected chi connectivity index (χ1v) is 9.63. The van der Waals surface area contributed by atoms with E-state index in [0.717, 1.165) is 16.6 Å². The molecule has 0 aliphatic rings. The number of aliphatic hydroxyl groups is 2. The van der Waals surface area contributed by atoms with Gasteiger partial charge in [0, 0.05) is 26.2 Å². The van der Waals surface area contributed by atoms with E-state index in [9.17, 15) is 15.0 Å². The predicted molar refractivity (Wildman–Crippen MR) is 113 cm³/mol. The maximum absolute atomic E-state index is 12.0. The smallest absolute Gasteiger partial charge is 0.328 e. The largest absolute Gasteiger partial charge is 1.00 e. The van der Waals surface area contributed by atoms with E-state index in [2.05, 4.69) is 5.32 Å². The Morgan fingerprint density at radius 1 is 1.07 bits per heavy atom. The average Bonchev–Trinajstić information content (AvgIpc) is 2.95. The molecule has 164 valence electrons. The van der Waals surface area contributed by atoms with Gasteiger partial charge >= 0.3 is 5.69 Å². The number of hydrogen-bond acceptors (Lipinski definition) is 5.